The lowest BCUT2D eigenvalue weighted by Crippen LogP contribution is -2.42. The van der Waals surface area contributed by atoms with Crippen molar-refractivity contribution in [3.8, 4) is 5.75 Å². The van der Waals surface area contributed by atoms with E-state index in [1.54, 1.807) is 0 Å². The number of carbonyl (C=O) groups excluding carboxylic acids is 1. The number of esters is 1. The number of aliphatic hydroxyl groups excluding tert-OH is 1. The first-order valence-electron chi connectivity index (χ1n) is 9.31. The number of carbonyl (C=O) groups is 3. The molecule has 0 aliphatic carbocycles. The van der Waals surface area contributed by atoms with Gasteiger partial charge in [0, 0.05) is 37.6 Å². The van der Waals surface area contributed by atoms with Gasteiger partial charge in [0.25, 0.3) is 0 Å². The molecule has 0 aromatic heterocycles. The number of carboxylic acids is 2. The van der Waals surface area contributed by atoms with E-state index in [0.29, 0.717) is 37.5 Å². The second-order valence-corrected chi connectivity index (χ2v) is 7.34. The quantitative estimate of drug-likeness (QED) is 0.325. The third-order valence-electron chi connectivity index (χ3n) is 3.30. The fraction of sp³-hybridized carbons (Fsp3) is 0.476. The molecule has 0 unspecified atom stereocenters. The smallest absolute Gasteiger partial charge is 0.328 e. The van der Waals surface area contributed by atoms with Crippen LogP contribution in [0.1, 0.15) is 33.3 Å². The maximum absolute atomic E-state index is 10.7. The van der Waals surface area contributed by atoms with Crippen molar-refractivity contribution in [3.63, 3.8) is 0 Å². The molecule has 4 N–H and O–H groups in total. The van der Waals surface area contributed by atoms with E-state index in [1.165, 1.54) is 6.92 Å². The van der Waals surface area contributed by atoms with Crippen LogP contribution < -0.4 is 10.1 Å². The topological polar surface area (TPSA) is 142 Å². The van der Waals surface area contributed by atoms with Gasteiger partial charge in [-0.3, -0.25) is 4.79 Å². The maximum atomic E-state index is 10.7. The average Bonchev–Trinajstić information content (AvgIpc) is 2.64. The van der Waals surface area contributed by atoms with Gasteiger partial charge >= 0.3 is 17.9 Å². The zero-order valence-electron chi connectivity index (χ0n) is 17.8. The van der Waals surface area contributed by atoms with Crippen molar-refractivity contribution in [2.45, 2.75) is 45.8 Å². The van der Waals surface area contributed by atoms with Crippen molar-refractivity contribution < 1.29 is 39.2 Å². The van der Waals surface area contributed by atoms with Gasteiger partial charge in [-0.2, -0.15) is 0 Å². The van der Waals surface area contributed by atoms with Crippen LogP contribution in [-0.4, -0.2) is 64.6 Å². The predicted octanol–water partition coefficient (Wildman–Crippen LogP) is 1.63. The molecule has 0 spiro atoms. The minimum Gasteiger partial charge on any atom is -0.491 e. The van der Waals surface area contributed by atoms with Crippen molar-refractivity contribution in [2.75, 3.05) is 19.8 Å². The number of aliphatic carboxylic acids is 2. The Bertz CT molecular complexity index is 676. The number of hydrogen-bond acceptors (Lipinski definition) is 7. The standard InChI is InChI=1S/C17H27NO4.C4H4O4/c1-13(19)21-10-9-14-5-7-16(8-6-14)22-12-15(20)11-18-17(2,3)4;5-3(6)1-2-4(7)8/h5-8,15,18,20H,9-12H2,1-4H3;1-2H,(H,5,6)(H,7,8)/b;2-1-/t15-;/m0./s1. The summed E-state index contributed by atoms with van der Waals surface area (Å²) in [5.41, 5.74) is 1.05. The molecule has 1 rings (SSSR count). The number of nitrogens with one attached hydrogen (secondary N) is 1. The van der Waals surface area contributed by atoms with Crippen molar-refractivity contribution in [3.05, 3.63) is 42.0 Å². The lowest BCUT2D eigenvalue weighted by Gasteiger charge is -2.23. The zero-order chi connectivity index (χ0) is 23.2. The molecule has 0 fully saturated rings. The molecular formula is C21H31NO8. The first-order chi connectivity index (χ1) is 13.9. The summed E-state index contributed by atoms with van der Waals surface area (Å²) in [6.07, 6.45) is 1.24. The van der Waals surface area contributed by atoms with Gasteiger partial charge < -0.3 is 30.1 Å². The van der Waals surface area contributed by atoms with Gasteiger partial charge in [0.1, 0.15) is 18.5 Å². The highest BCUT2D eigenvalue weighted by molar-refractivity contribution is 5.89. The normalized spacial score (nSPS) is 11.9. The number of aliphatic hydroxyl groups is 1. The highest BCUT2D eigenvalue weighted by atomic mass is 16.5. The predicted molar refractivity (Wildman–Crippen MR) is 110 cm³/mol. The Kier molecular flexibility index (Phi) is 12.8. The van der Waals surface area contributed by atoms with Crippen LogP contribution in [-0.2, 0) is 25.5 Å². The van der Waals surface area contributed by atoms with E-state index in [1.807, 2.05) is 24.3 Å². The maximum Gasteiger partial charge on any atom is 0.328 e. The fourth-order valence-corrected chi connectivity index (χ4v) is 1.88. The van der Waals surface area contributed by atoms with Crippen molar-refractivity contribution in [1.82, 2.24) is 5.32 Å². The molecule has 0 heterocycles. The Labute approximate surface area is 176 Å². The molecule has 168 valence electrons. The molecule has 0 saturated heterocycles. The van der Waals surface area contributed by atoms with E-state index in [9.17, 15) is 19.5 Å². The van der Waals surface area contributed by atoms with E-state index in [2.05, 4.69) is 26.1 Å². The van der Waals surface area contributed by atoms with Gasteiger partial charge in [-0.1, -0.05) is 12.1 Å². The largest absolute Gasteiger partial charge is 0.491 e. The molecule has 0 amide bonds. The number of β-amino-alcohol motifs (C(OH)–C–C–N with tert-alkyl or cyclic N) is 1. The SMILES string of the molecule is CC(=O)OCCc1ccc(OC[C@@H](O)CNC(C)(C)C)cc1.O=C(O)/C=C\C(=O)O. The molecule has 9 nitrogen and oxygen atoms in total. The highest BCUT2D eigenvalue weighted by Crippen LogP contribution is 2.13. The number of hydrogen-bond donors (Lipinski definition) is 4. The second-order valence-electron chi connectivity index (χ2n) is 7.34. The Morgan fingerprint density at radius 1 is 1.07 bits per heavy atom. The van der Waals surface area contributed by atoms with E-state index < -0.39 is 18.0 Å². The summed E-state index contributed by atoms with van der Waals surface area (Å²) in [6, 6.07) is 7.57. The van der Waals surface area contributed by atoms with Crippen LogP contribution in [0.2, 0.25) is 0 Å². The van der Waals surface area contributed by atoms with Gasteiger partial charge in [0.05, 0.1) is 6.61 Å². The minimum absolute atomic E-state index is 0.0232. The van der Waals surface area contributed by atoms with Crippen molar-refractivity contribution in [1.29, 1.82) is 0 Å². The van der Waals surface area contributed by atoms with Gasteiger partial charge in [-0.25, -0.2) is 9.59 Å². The van der Waals surface area contributed by atoms with E-state index in [4.69, 9.17) is 19.7 Å². The molecule has 0 bridgehead atoms. The lowest BCUT2D eigenvalue weighted by atomic mass is 10.1. The van der Waals surface area contributed by atoms with Crippen molar-refractivity contribution >= 4 is 17.9 Å². The first kappa shape index (κ1) is 27.1. The van der Waals surface area contributed by atoms with Crippen LogP contribution in [0, 0.1) is 0 Å². The van der Waals surface area contributed by atoms with Gasteiger partial charge in [-0.05, 0) is 38.5 Å². The van der Waals surface area contributed by atoms with Crippen LogP contribution in [0.25, 0.3) is 0 Å². The van der Waals surface area contributed by atoms with Crippen LogP contribution in [0.5, 0.6) is 5.75 Å². The summed E-state index contributed by atoms with van der Waals surface area (Å²) in [5.74, 6) is -2.07. The summed E-state index contributed by atoms with van der Waals surface area (Å²) >= 11 is 0. The van der Waals surface area contributed by atoms with Crippen LogP contribution >= 0.6 is 0 Å². The summed E-state index contributed by atoms with van der Waals surface area (Å²) in [6.45, 7) is 8.67. The van der Waals surface area contributed by atoms with Gasteiger partial charge in [-0.15, -0.1) is 0 Å². The Morgan fingerprint density at radius 3 is 2.03 bits per heavy atom. The number of rotatable bonds is 10. The van der Waals surface area contributed by atoms with E-state index >= 15 is 0 Å². The molecular weight excluding hydrogens is 394 g/mol. The lowest BCUT2D eigenvalue weighted by molar-refractivity contribution is -0.141. The molecule has 0 aliphatic rings. The Morgan fingerprint density at radius 2 is 1.60 bits per heavy atom. The molecule has 0 saturated carbocycles. The van der Waals surface area contributed by atoms with Crippen LogP contribution in [0.3, 0.4) is 0 Å². The van der Waals surface area contributed by atoms with Gasteiger partial charge in [0.2, 0.25) is 0 Å². The average molecular weight is 425 g/mol. The zero-order valence-corrected chi connectivity index (χ0v) is 17.8. The van der Waals surface area contributed by atoms with Gasteiger partial charge in [0.15, 0.2) is 0 Å². The first-order valence-corrected chi connectivity index (χ1v) is 9.31. The molecule has 0 aliphatic heterocycles. The Balaban J connectivity index is 0.000000890. The Hall–Kier alpha value is -2.91. The number of benzene rings is 1. The summed E-state index contributed by atoms with van der Waals surface area (Å²) < 4.78 is 10.5. The molecule has 30 heavy (non-hydrogen) atoms. The third kappa shape index (κ3) is 17.2. The van der Waals surface area contributed by atoms with Crippen LogP contribution in [0.15, 0.2) is 36.4 Å². The van der Waals surface area contributed by atoms with E-state index in [0.717, 1.165) is 5.56 Å². The number of carboxylic acid groups (broad SMARTS) is 2. The highest BCUT2D eigenvalue weighted by Gasteiger charge is 2.12. The monoisotopic (exact) mass is 425 g/mol. The summed E-state index contributed by atoms with van der Waals surface area (Å²) in [4.78, 5) is 29.8. The molecule has 1 aromatic carbocycles. The molecule has 0 radical (unpaired) electrons. The molecule has 1 aromatic rings. The second kappa shape index (κ2) is 14.1. The number of ether oxygens (including phenoxy) is 2. The third-order valence-corrected chi connectivity index (χ3v) is 3.30. The fourth-order valence-electron chi connectivity index (χ4n) is 1.88. The van der Waals surface area contributed by atoms with Crippen molar-refractivity contribution in [2.24, 2.45) is 0 Å². The molecule has 9 heteroatoms. The minimum atomic E-state index is -1.26. The molecule has 1 atom stereocenters. The summed E-state index contributed by atoms with van der Waals surface area (Å²) in [5, 5.41) is 28.7. The van der Waals surface area contributed by atoms with Crippen LogP contribution in [0.4, 0.5) is 0 Å². The van der Waals surface area contributed by atoms with E-state index in [-0.39, 0.29) is 18.1 Å². The summed E-state index contributed by atoms with van der Waals surface area (Å²) in [7, 11) is 0.